The van der Waals surface area contributed by atoms with Gasteiger partial charge in [-0.15, -0.1) is 5.10 Å². The summed E-state index contributed by atoms with van der Waals surface area (Å²) in [6, 6.07) is 12.8. The van der Waals surface area contributed by atoms with Crippen molar-refractivity contribution in [3.05, 3.63) is 88.2 Å². The molecular weight excluding hydrogens is 595 g/mol. The third-order valence-corrected chi connectivity index (χ3v) is 8.52. The Morgan fingerprint density at radius 3 is 2.74 bits per heavy atom. The second kappa shape index (κ2) is 12.2. The molecule has 13 heteroatoms. The Morgan fingerprint density at radius 2 is 1.98 bits per heavy atom. The highest BCUT2D eigenvalue weighted by Crippen LogP contribution is 2.33. The van der Waals surface area contributed by atoms with Crippen molar-refractivity contribution in [3.63, 3.8) is 0 Å². The van der Waals surface area contributed by atoms with E-state index in [1.54, 1.807) is 43.5 Å². The van der Waals surface area contributed by atoms with Crippen LogP contribution in [0, 0.1) is 18.7 Å². The van der Waals surface area contributed by atoms with Gasteiger partial charge in [0.1, 0.15) is 5.69 Å². The van der Waals surface area contributed by atoms with Crippen molar-refractivity contribution in [2.24, 2.45) is 5.92 Å². The molecule has 1 aliphatic heterocycles. The van der Waals surface area contributed by atoms with Gasteiger partial charge < -0.3 is 10.6 Å². The summed E-state index contributed by atoms with van der Waals surface area (Å²) in [4.78, 5) is 31.1. The first-order valence-electron chi connectivity index (χ1n) is 13.7. The number of nitrogens with one attached hydrogen (secondary N) is 2. The number of hydrogen-bond acceptors (Lipinski definition) is 7. The van der Waals surface area contributed by atoms with Crippen LogP contribution in [0.4, 0.5) is 10.1 Å². The van der Waals surface area contributed by atoms with Gasteiger partial charge >= 0.3 is 0 Å². The minimum atomic E-state index is -3.28. The molecule has 2 N–H and O–H groups in total. The van der Waals surface area contributed by atoms with E-state index in [1.165, 1.54) is 16.8 Å². The molecule has 0 radical (unpaired) electrons. The van der Waals surface area contributed by atoms with Crippen LogP contribution >= 0.6 is 11.6 Å². The number of carbonyl (C=O) groups excluding carboxylic acids is 2. The first-order valence-corrected chi connectivity index (χ1v) is 16.1. The summed E-state index contributed by atoms with van der Waals surface area (Å²) < 4.78 is 39.7. The van der Waals surface area contributed by atoms with Crippen LogP contribution in [0.1, 0.15) is 59.7 Å². The van der Waals surface area contributed by atoms with E-state index < -0.39 is 27.6 Å². The predicted octanol–water partition coefficient (Wildman–Crippen LogP) is 5.20. The van der Waals surface area contributed by atoms with Crippen LogP contribution in [0.15, 0.2) is 54.7 Å². The highest BCUT2D eigenvalue weighted by molar-refractivity contribution is 7.89. The number of pyridine rings is 1. The van der Waals surface area contributed by atoms with Crippen LogP contribution in [-0.4, -0.2) is 46.5 Å². The van der Waals surface area contributed by atoms with E-state index in [0.717, 1.165) is 11.8 Å². The summed E-state index contributed by atoms with van der Waals surface area (Å²) in [6.45, 7) is 3.44. The minimum absolute atomic E-state index is 0.0261. The quantitative estimate of drug-likeness (QED) is 0.311. The van der Waals surface area contributed by atoms with Crippen molar-refractivity contribution in [3.8, 4) is 16.8 Å². The third-order valence-electron chi connectivity index (χ3n) is 7.37. The molecule has 43 heavy (non-hydrogen) atoms. The number of sulfone groups is 1. The topological polar surface area (TPSA) is 136 Å². The molecule has 0 saturated carbocycles. The van der Waals surface area contributed by atoms with Gasteiger partial charge in [-0.25, -0.2) is 17.5 Å². The summed E-state index contributed by atoms with van der Waals surface area (Å²) in [5, 5.41) is 13.9. The third kappa shape index (κ3) is 6.75. The number of anilines is 1. The molecule has 2 aromatic carbocycles. The Hall–Kier alpha value is -4.16. The molecule has 5 rings (SSSR count). The number of aromatic nitrogens is 4. The number of nitrogens with zero attached hydrogens (tertiary/aromatic N) is 4. The Balaban J connectivity index is 1.49. The first-order chi connectivity index (χ1) is 20.4. The average Bonchev–Trinajstić information content (AvgIpc) is 3.33. The summed E-state index contributed by atoms with van der Waals surface area (Å²) >= 11 is 5.93. The van der Waals surface area contributed by atoms with Gasteiger partial charge in [-0.05, 0) is 61.2 Å². The van der Waals surface area contributed by atoms with Crippen LogP contribution in [0.3, 0.4) is 0 Å². The van der Waals surface area contributed by atoms with E-state index in [9.17, 15) is 22.4 Å². The van der Waals surface area contributed by atoms with Gasteiger partial charge in [-0.1, -0.05) is 48.4 Å². The molecule has 0 saturated heterocycles. The predicted molar refractivity (Wildman–Crippen MR) is 161 cm³/mol. The van der Waals surface area contributed by atoms with E-state index in [0.29, 0.717) is 47.5 Å². The number of halogens is 2. The molecule has 224 valence electrons. The van der Waals surface area contributed by atoms with Gasteiger partial charge in [0.2, 0.25) is 5.91 Å². The van der Waals surface area contributed by atoms with E-state index in [-0.39, 0.29) is 34.0 Å². The second-order valence-electron chi connectivity index (χ2n) is 10.8. The molecule has 1 aliphatic rings. The van der Waals surface area contributed by atoms with Crippen molar-refractivity contribution in [1.82, 2.24) is 25.3 Å². The van der Waals surface area contributed by atoms with E-state index in [4.69, 9.17) is 11.6 Å². The number of benzene rings is 2. The molecule has 0 unspecified atom stereocenters. The maximum Gasteiger partial charge on any atom is 0.274 e. The molecule has 0 fully saturated rings. The number of fused-ring (bicyclic) bond motifs is 4. The van der Waals surface area contributed by atoms with Crippen molar-refractivity contribution in [1.29, 1.82) is 0 Å². The number of hydrogen-bond donors (Lipinski definition) is 2. The van der Waals surface area contributed by atoms with Gasteiger partial charge in [0.15, 0.2) is 21.3 Å². The normalized spacial score (nSPS) is 17.3. The molecule has 2 atom stereocenters. The number of amides is 2. The lowest BCUT2D eigenvalue weighted by Gasteiger charge is -2.22. The molecule has 2 aromatic heterocycles. The summed E-state index contributed by atoms with van der Waals surface area (Å²) in [7, 11) is -3.28. The van der Waals surface area contributed by atoms with E-state index >= 15 is 0 Å². The average molecular weight is 625 g/mol. The van der Waals surface area contributed by atoms with Gasteiger partial charge in [0.25, 0.3) is 5.91 Å². The van der Waals surface area contributed by atoms with Crippen LogP contribution in [0.2, 0.25) is 5.02 Å². The minimum Gasteiger partial charge on any atom is -0.342 e. The van der Waals surface area contributed by atoms with Gasteiger partial charge in [0, 0.05) is 29.6 Å². The summed E-state index contributed by atoms with van der Waals surface area (Å²) in [6.07, 6.45) is 4.42. The van der Waals surface area contributed by atoms with Crippen LogP contribution in [0.5, 0.6) is 0 Å². The van der Waals surface area contributed by atoms with Crippen molar-refractivity contribution < 1.29 is 22.4 Å². The molecule has 2 amide bonds. The first kappa shape index (κ1) is 30.3. The monoisotopic (exact) mass is 624 g/mol. The Kier molecular flexibility index (Phi) is 8.61. The molecule has 10 nitrogen and oxygen atoms in total. The van der Waals surface area contributed by atoms with E-state index in [2.05, 4.69) is 25.9 Å². The maximum absolute atomic E-state index is 14.7. The Labute approximate surface area is 253 Å². The van der Waals surface area contributed by atoms with Crippen LogP contribution in [-0.2, 0) is 20.4 Å². The zero-order valence-electron chi connectivity index (χ0n) is 23.8. The maximum atomic E-state index is 14.7. The van der Waals surface area contributed by atoms with Crippen molar-refractivity contribution in [2.45, 2.75) is 44.9 Å². The van der Waals surface area contributed by atoms with Crippen LogP contribution in [0.25, 0.3) is 16.8 Å². The molecular formula is C30H30ClFN6O4S. The second-order valence-corrected chi connectivity index (χ2v) is 13.3. The van der Waals surface area contributed by atoms with Gasteiger partial charge in [-0.2, -0.15) is 0 Å². The fourth-order valence-corrected chi connectivity index (χ4v) is 6.06. The standard InChI is InChI=1S/C30H30ClFN6O4S/c1-17-6-4-8-23(34-30(40)28-18(2)38(37-36-28)26-9-5-7-22(31)27(26)32)25-15-20(12-13-33-25)21-11-10-19(16-43(3,41)42)14-24(21)35-29(17)39/h5,7,9-15,17,23H,4,6,8,16H2,1-3H3,(H,34,40)(H,35,39)/t17-,23+/m1/s1. The smallest absolute Gasteiger partial charge is 0.274 e. The Morgan fingerprint density at radius 1 is 1.19 bits per heavy atom. The summed E-state index contributed by atoms with van der Waals surface area (Å²) in [5.74, 6) is -1.87. The molecule has 3 heterocycles. The zero-order chi connectivity index (χ0) is 30.9. The fourth-order valence-electron chi connectivity index (χ4n) is 5.11. The highest BCUT2D eigenvalue weighted by atomic mass is 35.5. The number of carbonyl (C=O) groups is 2. The lowest BCUT2D eigenvalue weighted by atomic mass is 9.95. The number of rotatable bonds is 5. The summed E-state index contributed by atoms with van der Waals surface area (Å²) in [5.41, 5.74) is 3.51. The molecule has 0 aliphatic carbocycles. The van der Waals surface area contributed by atoms with Crippen molar-refractivity contribution >= 4 is 38.9 Å². The fraction of sp³-hybridized carbons (Fsp3) is 0.300. The Bertz CT molecular complexity index is 1830. The van der Waals surface area contributed by atoms with E-state index in [1.807, 2.05) is 13.0 Å². The zero-order valence-corrected chi connectivity index (χ0v) is 25.3. The van der Waals surface area contributed by atoms with Gasteiger partial charge in [-0.3, -0.25) is 14.6 Å². The molecule has 0 spiro atoms. The lowest BCUT2D eigenvalue weighted by Crippen LogP contribution is -2.30. The van der Waals surface area contributed by atoms with Crippen LogP contribution < -0.4 is 10.6 Å². The lowest BCUT2D eigenvalue weighted by molar-refractivity contribution is -0.119. The highest BCUT2D eigenvalue weighted by Gasteiger charge is 2.25. The SMILES string of the molecule is Cc1c(C(=O)N[C@H]2CCC[C@@H](C)C(=O)Nc3cc(CS(C)(=O)=O)ccc3-c3ccnc2c3)nnn1-c1cccc(Cl)c1F. The largest absolute Gasteiger partial charge is 0.342 e. The molecule has 2 bridgehead atoms. The van der Waals surface area contributed by atoms with Crippen molar-refractivity contribution in [2.75, 3.05) is 11.6 Å². The molecule has 4 aromatic rings. The van der Waals surface area contributed by atoms with Gasteiger partial charge in [0.05, 0.1) is 28.2 Å².